The van der Waals surface area contributed by atoms with Gasteiger partial charge in [0.2, 0.25) is 5.91 Å². The zero-order valence-corrected chi connectivity index (χ0v) is 11.6. The zero-order valence-electron chi connectivity index (χ0n) is 10.9. The van der Waals surface area contributed by atoms with Crippen LogP contribution in [0, 0.1) is 0 Å². The molecule has 3 nitrogen and oxygen atoms in total. The summed E-state index contributed by atoms with van der Waals surface area (Å²) < 4.78 is 36.5. The standard InChI is InChI=1S/C13H15ClF3NO2/c1-2-18(6-5-13(15,16)17)12(20)7-9-3-4-10(19)8-11(9)14/h3-4,8,19H,2,5-7H2,1H3. The fraction of sp³-hybridized carbons (Fsp3) is 0.462. The first-order valence-electron chi connectivity index (χ1n) is 6.05. The molecule has 7 heteroatoms. The summed E-state index contributed by atoms with van der Waals surface area (Å²) in [6.07, 6.45) is -5.41. The third kappa shape index (κ3) is 5.28. The first-order chi connectivity index (χ1) is 9.23. The summed E-state index contributed by atoms with van der Waals surface area (Å²) in [7, 11) is 0. The number of aromatic hydroxyl groups is 1. The van der Waals surface area contributed by atoms with Crippen LogP contribution in [0.2, 0.25) is 5.02 Å². The smallest absolute Gasteiger partial charge is 0.390 e. The predicted octanol–water partition coefficient (Wildman–Crippen LogP) is 3.39. The van der Waals surface area contributed by atoms with Crippen molar-refractivity contribution >= 4 is 17.5 Å². The van der Waals surface area contributed by atoms with Gasteiger partial charge in [-0.05, 0) is 24.6 Å². The van der Waals surface area contributed by atoms with Gasteiger partial charge in [-0.2, -0.15) is 13.2 Å². The molecule has 0 aliphatic carbocycles. The lowest BCUT2D eigenvalue weighted by molar-refractivity contribution is -0.144. The van der Waals surface area contributed by atoms with E-state index in [1.54, 1.807) is 6.92 Å². The van der Waals surface area contributed by atoms with Crippen molar-refractivity contribution < 1.29 is 23.1 Å². The van der Waals surface area contributed by atoms with Crippen LogP contribution in [0.15, 0.2) is 18.2 Å². The maximum absolute atomic E-state index is 12.2. The van der Waals surface area contributed by atoms with Gasteiger partial charge in [-0.15, -0.1) is 0 Å². The largest absolute Gasteiger partial charge is 0.508 e. The average molecular weight is 310 g/mol. The van der Waals surface area contributed by atoms with Crippen molar-refractivity contribution in [3.63, 3.8) is 0 Å². The highest BCUT2D eigenvalue weighted by molar-refractivity contribution is 6.31. The van der Waals surface area contributed by atoms with E-state index in [0.717, 1.165) is 4.90 Å². The van der Waals surface area contributed by atoms with Crippen LogP contribution in [0.3, 0.4) is 0 Å². The van der Waals surface area contributed by atoms with Crippen molar-refractivity contribution in [1.29, 1.82) is 0 Å². The summed E-state index contributed by atoms with van der Waals surface area (Å²) in [5, 5.41) is 9.41. The molecule has 0 fully saturated rings. The van der Waals surface area contributed by atoms with Gasteiger partial charge in [-0.25, -0.2) is 0 Å². The Hall–Kier alpha value is -1.43. The molecular formula is C13H15ClF3NO2. The fourth-order valence-electron chi connectivity index (χ4n) is 1.68. The van der Waals surface area contributed by atoms with E-state index in [9.17, 15) is 23.1 Å². The monoisotopic (exact) mass is 309 g/mol. The highest BCUT2D eigenvalue weighted by Gasteiger charge is 2.28. The zero-order chi connectivity index (χ0) is 15.3. The molecule has 0 heterocycles. The molecule has 1 rings (SSSR count). The molecule has 0 spiro atoms. The van der Waals surface area contributed by atoms with Crippen molar-refractivity contribution in [1.82, 2.24) is 4.90 Å². The van der Waals surface area contributed by atoms with Crippen LogP contribution in [0.5, 0.6) is 5.75 Å². The van der Waals surface area contributed by atoms with E-state index in [1.807, 2.05) is 0 Å². The predicted molar refractivity (Wildman–Crippen MR) is 69.7 cm³/mol. The summed E-state index contributed by atoms with van der Waals surface area (Å²) in [5.74, 6) is -0.458. The molecule has 0 aliphatic rings. The Bertz CT molecular complexity index is 477. The highest BCUT2D eigenvalue weighted by Crippen LogP contribution is 2.23. The minimum absolute atomic E-state index is 0.0318. The number of carbonyl (C=O) groups is 1. The van der Waals surface area contributed by atoms with Crippen LogP contribution < -0.4 is 0 Å². The normalized spacial score (nSPS) is 11.4. The Morgan fingerprint density at radius 1 is 1.40 bits per heavy atom. The second-order valence-electron chi connectivity index (χ2n) is 4.29. The molecule has 1 N–H and O–H groups in total. The van der Waals surface area contributed by atoms with Crippen molar-refractivity contribution in [2.24, 2.45) is 0 Å². The number of phenols is 1. The van der Waals surface area contributed by atoms with Gasteiger partial charge in [-0.3, -0.25) is 4.79 Å². The number of rotatable bonds is 5. The van der Waals surface area contributed by atoms with Gasteiger partial charge in [0.15, 0.2) is 0 Å². The van der Waals surface area contributed by atoms with Crippen molar-refractivity contribution in [2.75, 3.05) is 13.1 Å². The maximum Gasteiger partial charge on any atom is 0.390 e. The summed E-state index contributed by atoms with van der Waals surface area (Å²) in [6.45, 7) is 1.45. The molecule has 1 amide bonds. The SMILES string of the molecule is CCN(CCC(F)(F)F)C(=O)Cc1ccc(O)cc1Cl. The molecule has 0 aliphatic heterocycles. The summed E-state index contributed by atoms with van der Waals surface area (Å²) >= 11 is 5.86. The van der Waals surface area contributed by atoms with E-state index in [1.165, 1.54) is 18.2 Å². The third-order valence-electron chi connectivity index (χ3n) is 2.78. The number of likely N-dealkylation sites (N-methyl/N-ethyl adjacent to an activating group) is 1. The minimum Gasteiger partial charge on any atom is -0.508 e. The molecular weight excluding hydrogens is 295 g/mol. The van der Waals surface area contributed by atoms with E-state index in [4.69, 9.17) is 11.6 Å². The summed E-state index contributed by atoms with van der Waals surface area (Å²) in [5.41, 5.74) is 0.472. The second-order valence-corrected chi connectivity index (χ2v) is 4.70. The van der Waals surface area contributed by atoms with Gasteiger partial charge in [0.05, 0.1) is 12.8 Å². The number of halogens is 4. The molecule has 0 bridgehead atoms. The van der Waals surface area contributed by atoms with Crippen LogP contribution in [0.4, 0.5) is 13.2 Å². The van der Waals surface area contributed by atoms with Crippen molar-refractivity contribution in [3.05, 3.63) is 28.8 Å². The van der Waals surface area contributed by atoms with E-state index in [0.29, 0.717) is 5.56 Å². The van der Waals surface area contributed by atoms with Gasteiger partial charge in [0, 0.05) is 18.1 Å². The Balaban J connectivity index is 2.67. The Morgan fingerprint density at radius 2 is 2.05 bits per heavy atom. The van der Waals surface area contributed by atoms with Gasteiger partial charge in [0.1, 0.15) is 5.75 Å². The second kappa shape index (κ2) is 6.83. The van der Waals surface area contributed by atoms with Crippen LogP contribution >= 0.6 is 11.6 Å². The van der Waals surface area contributed by atoms with Crippen LogP contribution in [-0.4, -0.2) is 35.2 Å². The summed E-state index contributed by atoms with van der Waals surface area (Å²) in [6, 6.07) is 4.14. The molecule has 0 unspecified atom stereocenters. The maximum atomic E-state index is 12.2. The highest BCUT2D eigenvalue weighted by atomic mass is 35.5. The quantitative estimate of drug-likeness (QED) is 0.905. The number of hydrogen-bond acceptors (Lipinski definition) is 2. The van der Waals surface area contributed by atoms with Gasteiger partial charge >= 0.3 is 6.18 Å². The Kier molecular flexibility index (Phi) is 5.68. The molecule has 0 radical (unpaired) electrons. The number of phenolic OH excluding ortho intramolecular Hbond substituents is 1. The fourth-order valence-corrected chi connectivity index (χ4v) is 1.92. The first kappa shape index (κ1) is 16.6. The number of amides is 1. The lowest BCUT2D eigenvalue weighted by Crippen LogP contribution is -2.35. The van der Waals surface area contributed by atoms with Crippen LogP contribution in [0.1, 0.15) is 18.9 Å². The molecule has 0 aromatic heterocycles. The van der Waals surface area contributed by atoms with E-state index >= 15 is 0 Å². The lowest BCUT2D eigenvalue weighted by Gasteiger charge is -2.22. The van der Waals surface area contributed by atoms with Gasteiger partial charge < -0.3 is 10.0 Å². The topological polar surface area (TPSA) is 40.5 Å². The van der Waals surface area contributed by atoms with Gasteiger partial charge in [-0.1, -0.05) is 17.7 Å². The Morgan fingerprint density at radius 3 is 2.55 bits per heavy atom. The van der Waals surface area contributed by atoms with E-state index < -0.39 is 18.5 Å². The number of hydrogen-bond donors (Lipinski definition) is 1. The molecule has 0 atom stereocenters. The number of carbonyl (C=O) groups excluding carboxylic acids is 1. The van der Waals surface area contributed by atoms with Crippen molar-refractivity contribution in [2.45, 2.75) is 25.9 Å². The molecule has 20 heavy (non-hydrogen) atoms. The van der Waals surface area contributed by atoms with Gasteiger partial charge in [0.25, 0.3) is 0 Å². The number of benzene rings is 1. The lowest BCUT2D eigenvalue weighted by atomic mass is 10.1. The summed E-state index contributed by atoms with van der Waals surface area (Å²) in [4.78, 5) is 13.1. The third-order valence-corrected chi connectivity index (χ3v) is 3.13. The molecule has 1 aromatic rings. The molecule has 0 saturated heterocycles. The molecule has 0 saturated carbocycles. The molecule has 112 valence electrons. The van der Waals surface area contributed by atoms with Crippen LogP contribution in [-0.2, 0) is 11.2 Å². The Labute approximate surface area is 120 Å². The minimum atomic E-state index is -4.29. The molecule has 1 aromatic carbocycles. The number of alkyl halides is 3. The van der Waals surface area contributed by atoms with Crippen LogP contribution in [0.25, 0.3) is 0 Å². The number of nitrogens with zero attached hydrogens (tertiary/aromatic N) is 1. The van der Waals surface area contributed by atoms with E-state index in [2.05, 4.69) is 0 Å². The first-order valence-corrected chi connectivity index (χ1v) is 6.42. The van der Waals surface area contributed by atoms with Crippen molar-refractivity contribution in [3.8, 4) is 5.75 Å². The van der Waals surface area contributed by atoms with E-state index in [-0.39, 0.29) is 30.3 Å². The average Bonchev–Trinajstić information content (AvgIpc) is 2.32.